The first kappa shape index (κ1) is 20.6. The maximum absolute atomic E-state index is 14.0. The van der Waals surface area contributed by atoms with Crippen LogP contribution in [0.3, 0.4) is 0 Å². The average molecular weight is 438 g/mol. The number of nitrogen functional groups attached to an aromatic ring is 1. The fourth-order valence-electron chi connectivity index (χ4n) is 3.13. The molecule has 2 aromatic heterocycles. The minimum atomic E-state index is -0.448. The topological polar surface area (TPSA) is 104 Å². The molecular formula is C21H20FN7OS. The van der Waals surface area contributed by atoms with E-state index in [1.54, 1.807) is 24.4 Å². The number of thioether (sulfide) groups is 1. The van der Waals surface area contributed by atoms with Gasteiger partial charge < -0.3 is 15.7 Å². The summed E-state index contributed by atoms with van der Waals surface area (Å²) >= 11 is 1.12. The monoisotopic (exact) mass is 437 g/mol. The molecule has 0 radical (unpaired) electrons. The summed E-state index contributed by atoms with van der Waals surface area (Å²) < 4.78 is 17.1. The molecule has 1 unspecified atom stereocenters. The fourth-order valence-corrected chi connectivity index (χ4v) is 3.80. The van der Waals surface area contributed by atoms with Gasteiger partial charge in [-0.05, 0) is 17.7 Å². The maximum atomic E-state index is 14.0. The molecule has 2 aromatic carbocycles. The van der Waals surface area contributed by atoms with Crippen LogP contribution in [0.1, 0.15) is 17.4 Å². The molecule has 0 fully saturated rings. The molecule has 4 aromatic rings. The molecule has 1 amide bonds. The fraction of sp³-hybridized carbons (Fsp3) is 0.143. The Bertz CT molecular complexity index is 1190. The number of imidazole rings is 1. The Kier molecular flexibility index (Phi) is 5.99. The quantitative estimate of drug-likeness (QED) is 0.340. The number of halogens is 1. The second-order valence-electron chi connectivity index (χ2n) is 6.75. The molecule has 158 valence electrons. The lowest BCUT2D eigenvalue weighted by atomic mass is 10.1. The highest BCUT2D eigenvalue weighted by Crippen LogP contribution is 2.24. The number of hydrogen-bond donors (Lipinski definition) is 2. The van der Waals surface area contributed by atoms with Gasteiger partial charge in [-0.25, -0.2) is 14.1 Å². The number of nitrogens with one attached hydrogen (secondary N) is 1. The molecule has 0 saturated heterocycles. The summed E-state index contributed by atoms with van der Waals surface area (Å²) in [7, 11) is 1.88. The third-order valence-electron chi connectivity index (χ3n) is 4.67. The molecule has 10 heteroatoms. The van der Waals surface area contributed by atoms with Crippen molar-refractivity contribution in [3.05, 3.63) is 84.2 Å². The van der Waals surface area contributed by atoms with Crippen LogP contribution in [0.2, 0.25) is 0 Å². The number of benzene rings is 2. The van der Waals surface area contributed by atoms with Crippen LogP contribution in [0.15, 0.2) is 72.1 Å². The van der Waals surface area contributed by atoms with Crippen molar-refractivity contribution in [2.75, 3.05) is 11.6 Å². The van der Waals surface area contributed by atoms with E-state index in [2.05, 4.69) is 20.5 Å². The Morgan fingerprint density at radius 3 is 2.61 bits per heavy atom. The first-order valence-electron chi connectivity index (χ1n) is 9.44. The minimum Gasteiger partial charge on any atom is -0.341 e. The average Bonchev–Trinajstić information content (AvgIpc) is 3.37. The predicted octanol–water partition coefficient (Wildman–Crippen LogP) is 2.53. The van der Waals surface area contributed by atoms with Crippen molar-refractivity contribution in [1.82, 2.24) is 29.7 Å². The summed E-state index contributed by atoms with van der Waals surface area (Å²) in [5, 5.41) is 11.3. The van der Waals surface area contributed by atoms with Gasteiger partial charge in [0.1, 0.15) is 17.7 Å². The molecule has 0 spiro atoms. The first-order chi connectivity index (χ1) is 15.0. The van der Waals surface area contributed by atoms with Crippen LogP contribution >= 0.6 is 11.8 Å². The third kappa shape index (κ3) is 4.43. The van der Waals surface area contributed by atoms with E-state index in [9.17, 15) is 9.18 Å². The minimum absolute atomic E-state index is 0.0559. The molecule has 4 rings (SSSR count). The molecule has 0 aliphatic rings. The van der Waals surface area contributed by atoms with Crippen LogP contribution in [0.4, 0.5) is 4.39 Å². The smallest absolute Gasteiger partial charge is 0.231 e. The second-order valence-corrected chi connectivity index (χ2v) is 7.69. The van der Waals surface area contributed by atoms with Crippen LogP contribution in [0.25, 0.3) is 11.4 Å². The number of rotatable bonds is 7. The van der Waals surface area contributed by atoms with E-state index in [1.165, 1.54) is 10.7 Å². The number of aromatic nitrogens is 5. The van der Waals surface area contributed by atoms with E-state index in [4.69, 9.17) is 5.84 Å². The highest BCUT2D eigenvalue weighted by molar-refractivity contribution is 7.99. The molecule has 0 aliphatic heterocycles. The van der Waals surface area contributed by atoms with E-state index in [-0.39, 0.29) is 23.0 Å². The lowest BCUT2D eigenvalue weighted by molar-refractivity contribution is -0.119. The Morgan fingerprint density at radius 2 is 1.90 bits per heavy atom. The summed E-state index contributed by atoms with van der Waals surface area (Å²) in [5.74, 6) is 6.33. The zero-order valence-corrected chi connectivity index (χ0v) is 17.5. The number of carbonyl (C=O) groups is 1. The highest BCUT2D eigenvalue weighted by Gasteiger charge is 2.22. The molecule has 0 bridgehead atoms. The van der Waals surface area contributed by atoms with E-state index < -0.39 is 11.9 Å². The van der Waals surface area contributed by atoms with Gasteiger partial charge >= 0.3 is 0 Å². The number of aryl methyl sites for hydroxylation is 1. The van der Waals surface area contributed by atoms with Crippen LogP contribution in [0.5, 0.6) is 0 Å². The van der Waals surface area contributed by atoms with Crippen molar-refractivity contribution in [2.24, 2.45) is 7.05 Å². The van der Waals surface area contributed by atoms with Crippen LogP contribution in [-0.4, -0.2) is 36.1 Å². The van der Waals surface area contributed by atoms with Gasteiger partial charge in [0.2, 0.25) is 11.1 Å². The number of nitrogens with zero attached hydrogens (tertiary/aromatic N) is 5. The standard InChI is InChI=1S/C21H20FN7OS/c1-28-12-11-24-20(28)18(14-7-3-2-4-8-14)25-17(30)13-31-21-27-26-19(29(21)23)15-9-5-6-10-16(15)22/h2-12,18H,13,23H2,1H3,(H,25,30). The van der Waals surface area contributed by atoms with Crippen molar-refractivity contribution in [3.8, 4) is 11.4 Å². The normalized spacial score (nSPS) is 11.9. The molecule has 3 N–H and O–H groups in total. The second kappa shape index (κ2) is 9.00. The van der Waals surface area contributed by atoms with Gasteiger partial charge in [-0.3, -0.25) is 4.79 Å². The van der Waals surface area contributed by atoms with Crippen molar-refractivity contribution >= 4 is 17.7 Å². The summed E-state index contributed by atoms with van der Waals surface area (Å²) in [6, 6.07) is 15.4. The van der Waals surface area contributed by atoms with Crippen LogP contribution in [-0.2, 0) is 11.8 Å². The Hall–Kier alpha value is -3.66. The van der Waals surface area contributed by atoms with Gasteiger partial charge in [-0.15, -0.1) is 10.2 Å². The van der Waals surface area contributed by atoms with Crippen LogP contribution < -0.4 is 11.2 Å². The van der Waals surface area contributed by atoms with Gasteiger partial charge in [0, 0.05) is 19.4 Å². The van der Waals surface area contributed by atoms with Crippen molar-refractivity contribution < 1.29 is 9.18 Å². The SMILES string of the molecule is Cn1ccnc1C(NC(=O)CSc1nnc(-c2ccccc2F)n1N)c1ccccc1. The molecule has 31 heavy (non-hydrogen) atoms. The third-order valence-corrected chi connectivity index (χ3v) is 5.61. The number of carbonyl (C=O) groups excluding carboxylic acids is 1. The van der Waals surface area contributed by atoms with Gasteiger partial charge in [0.05, 0.1) is 11.3 Å². The Balaban J connectivity index is 1.47. The first-order valence-corrected chi connectivity index (χ1v) is 10.4. The molecule has 0 saturated carbocycles. The van der Waals surface area contributed by atoms with Crippen LogP contribution in [0, 0.1) is 5.82 Å². The molecule has 8 nitrogen and oxygen atoms in total. The summed E-state index contributed by atoms with van der Waals surface area (Å²) in [5.41, 5.74) is 1.16. The number of hydrogen-bond acceptors (Lipinski definition) is 6. The van der Waals surface area contributed by atoms with Crippen molar-refractivity contribution in [3.63, 3.8) is 0 Å². The van der Waals surface area contributed by atoms with Gasteiger partial charge in [0.25, 0.3) is 0 Å². The number of amides is 1. The highest BCUT2D eigenvalue weighted by atomic mass is 32.2. The van der Waals surface area contributed by atoms with Crippen molar-refractivity contribution in [2.45, 2.75) is 11.2 Å². The van der Waals surface area contributed by atoms with Gasteiger partial charge in [0.15, 0.2) is 5.82 Å². The zero-order valence-electron chi connectivity index (χ0n) is 16.6. The van der Waals surface area contributed by atoms with E-state index in [0.717, 1.165) is 17.3 Å². The number of nitrogens with two attached hydrogens (primary N) is 1. The summed E-state index contributed by atoms with van der Waals surface area (Å²) in [6.07, 6.45) is 3.51. The van der Waals surface area contributed by atoms with E-state index in [0.29, 0.717) is 11.0 Å². The summed E-state index contributed by atoms with van der Waals surface area (Å²) in [6.45, 7) is 0. The lowest BCUT2D eigenvalue weighted by Crippen LogP contribution is -2.32. The molecule has 0 aliphatic carbocycles. The molecular weight excluding hydrogens is 417 g/mol. The van der Waals surface area contributed by atoms with Gasteiger partial charge in [-0.2, -0.15) is 0 Å². The zero-order chi connectivity index (χ0) is 21.8. The van der Waals surface area contributed by atoms with E-state index in [1.807, 2.05) is 48.1 Å². The maximum Gasteiger partial charge on any atom is 0.231 e. The van der Waals surface area contributed by atoms with E-state index >= 15 is 0 Å². The largest absolute Gasteiger partial charge is 0.341 e. The molecule has 2 heterocycles. The van der Waals surface area contributed by atoms with Gasteiger partial charge in [-0.1, -0.05) is 54.2 Å². The van der Waals surface area contributed by atoms with Crippen molar-refractivity contribution in [1.29, 1.82) is 0 Å². The Labute approximate surface area is 182 Å². The summed E-state index contributed by atoms with van der Waals surface area (Å²) in [4.78, 5) is 17.1. The molecule has 1 atom stereocenters. The predicted molar refractivity (Wildman–Crippen MR) is 116 cm³/mol. The lowest BCUT2D eigenvalue weighted by Gasteiger charge is -2.19. The Morgan fingerprint density at radius 1 is 1.16 bits per heavy atom.